The minimum atomic E-state index is -3.54. The van der Waals surface area contributed by atoms with E-state index in [1.54, 1.807) is 29.2 Å². The molecule has 1 N–H and O–H groups in total. The Bertz CT molecular complexity index is 664. The van der Waals surface area contributed by atoms with Gasteiger partial charge < -0.3 is 10.2 Å². The Morgan fingerprint density at radius 2 is 2.14 bits per heavy atom. The number of amides is 2. The van der Waals surface area contributed by atoms with E-state index in [-0.39, 0.29) is 22.8 Å². The third-order valence-electron chi connectivity index (χ3n) is 3.89. The molecular weight excluding hydrogens is 314 g/mol. The van der Waals surface area contributed by atoms with Crippen LogP contribution in [0.4, 0.5) is 4.79 Å². The molecule has 2 aliphatic heterocycles. The van der Waals surface area contributed by atoms with Crippen molar-refractivity contribution in [2.75, 3.05) is 26.2 Å². The summed E-state index contributed by atoms with van der Waals surface area (Å²) in [5.74, 6) is 0.276. The van der Waals surface area contributed by atoms with E-state index in [0.717, 1.165) is 5.56 Å². The molecule has 2 fully saturated rings. The van der Waals surface area contributed by atoms with Gasteiger partial charge in [0, 0.05) is 32.1 Å². The van der Waals surface area contributed by atoms with E-state index < -0.39 is 10.0 Å². The number of sulfonamides is 1. The van der Waals surface area contributed by atoms with Crippen LogP contribution < -0.4 is 5.32 Å². The van der Waals surface area contributed by atoms with Gasteiger partial charge in [-0.05, 0) is 17.7 Å². The number of alkyl halides is 1. The fraction of sp³-hybridized carbons (Fsp3) is 0.462. The van der Waals surface area contributed by atoms with E-state index >= 15 is 0 Å². The number of fused-ring (bicyclic) bond motifs is 1. The Kier molecular flexibility index (Phi) is 3.81. The summed E-state index contributed by atoms with van der Waals surface area (Å²) in [6.07, 6.45) is 0. The zero-order chi connectivity index (χ0) is 15.0. The molecule has 6 nitrogen and oxygen atoms in total. The number of halogens is 1. The number of hydrogen-bond acceptors (Lipinski definition) is 3. The quantitative estimate of drug-likeness (QED) is 0.835. The molecule has 8 heteroatoms. The molecule has 114 valence electrons. The van der Waals surface area contributed by atoms with E-state index in [1.807, 2.05) is 0 Å². The number of rotatable bonds is 3. The van der Waals surface area contributed by atoms with Crippen molar-refractivity contribution in [2.24, 2.45) is 0 Å². The van der Waals surface area contributed by atoms with Gasteiger partial charge in [0.1, 0.15) is 0 Å². The molecule has 2 amide bonds. The van der Waals surface area contributed by atoms with Crippen LogP contribution in [0.5, 0.6) is 0 Å². The molecule has 0 saturated carbocycles. The van der Waals surface area contributed by atoms with Gasteiger partial charge in [0.2, 0.25) is 10.0 Å². The maximum Gasteiger partial charge on any atom is 0.317 e. The summed E-state index contributed by atoms with van der Waals surface area (Å²) in [6, 6.07) is 6.48. The molecule has 1 aromatic carbocycles. The molecule has 2 heterocycles. The van der Waals surface area contributed by atoms with Crippen molar-refractivity contribution in [3.63, 3.8) is 0 Å². The van der Waals surface area contributed by atoms with Crippen molar-refractivity contribution in [1.29, 1.82) is 0 Å². The first kappa shape index (κ1) is 14.6. The first-order chi connectivity index (χ1) is 10.0. The van der Waals surface area contributed by atoms with Crippen LogP contribution >= 0.6 is 11.6 Å². The summed E-state index contributed by atoms with van der Waals surface area (Å²) in [5.41, 5.74) is 0.772. The van der Waals surface area contributed by atoms with Gasteiger partial charge in [0.25, 0.3) is 0 Å². The van der Waals surface area contributed by atoms with Crippen molar-refractivity contribution in [1.82, 2.24) is 14.5 Å². The van der Waals surface area contributed by atoms with Crippen LogP contribution in [0.3, 0.4) is 0 Å². The third kappa shape index (κ3) is 2.61. The van der Waals surface area contributed by atoms with Gasteiger partial charge in [-0.25, -0.2) is 13.2 Å². The van der Waals surface area contributed by atoms with Crippen LogP contribution in [0, 0.1) is 0 Å². The highest BCUT2D eigenvalue weighted by Gasteiger charge is 2.39. The minimum absolute atomic E-state index is 0.0859. The predicted molar refractivity (Wildman–Crippen MR) is 78.7 cm³/mol. The maximum atomic E-state index is 12.7. The predicted octanol–water partition coefficient (Wildman–Crippen LogP) is 0.823. The lowest BCUT2D eigenvalue weighted by Crippen LogP contribution is -2.53. The Morgan fingerprint density at radius 3 is 2.90 bits per heavy atom. The van der Waals surface area contributed by atoms with E-state index in [0.29, 0.717) is 26.2 Å². The van der Waals surface area contributed by atoms with Gasteiger partial charge in [-0.1, -0.05) is 12.1 Å². The number of urea groups is 1. The second-order valence-corrected chi connectivity index (χ2v) is 7.38. The van der Waals surface area contributed by atoms with Gasteiger partial charge in [-0.15, -0.1) is 11.6 Å². The highest BCUT2D eigenvalue weighted by atomic mass is 35.5. The van der Waals surface area contributed by atoms with Gasteiger partial charge in [0.15, 0.2) is 0 Å². The van der Waals surface area contributed by atoms with Crippen LogP contribution in [0.15, 0.2) is 29.2 Å². The molecule has 0 aliphatic carbocycles. The Morgan fingerprint density at radius 1 is 1.33 bits per heavy atom. The largest absolute Gasteiger partial charge is 0.336 e. The summed E-state index contributed by atoms with van der Waals surface area (Å²) in [4.78, 5) is 13.5. The smallest absolute Gasteiger partial charge is 0.317 e. The van der Waals surface area contributed by atoms with E-state index in [4.69, 9.17) is 11.6 Å². The standard InChI is InChI=1S/C13H16ClN3O3S/c14-7-10-2-1-3-12(6-10)21(19,20)16-4-5-17-11(9-16)8-15-13(17)18/h1-3,6,11H,4-5,7-9H2,(H,15,18). The van der Waals surface area contributed by atoms with Crippen LogP contribution in [0.25, 0.3) is 0 Å². The molecule has 21 heavy (non-hydrogen) atoms. The maximum absolute atomic E-state index is 12.7. The summed E-state index contributed by atoms with van der Waals surface area (Å²) in [7, 11) is -3.54. The number of nitrogens with one attached hydrogen (secondary N) is 1. The first-order valence-electron chi connectivity index (χ1n) is 6.72. The zero-order valence-electron chi connectivity index (χ0n) is 11.3. The van der Waals surface area contributed by atoms with Crippen LogP contribution in [-0.2, 0) is 15.9 Å². The van der Waals surface area contributed by atoms with Gasteiger partial charge in [-0.3, -0.25) is 0 Å². The van der Waals surface area contributed by atoms with Gasteiger partial charge in [0.05, 0.1) is 10.9 Å². The summed E-state index contributed by atoms with van der Waals surface area (Å²) in [5, 5.41) is 2.74. The number of carbonyl (C=O) groups excluding carboxylic acids is 1. The monoisotopic (exact) mass is 329 g/mol. The number of carbonyl (C=O) groups is 1. The highest BCUT2D eigenvalue weighted by Crippen LogP contribution is 2.22. The van der Waals surface area contributed by atoms with Crippen LogP contribution in [0.1, 0.15) is 5.56 Å². The minimum Gasteiger partial charge on any atom is -0.336 e. The van der Waals surface area contributed by atoms with E-state index in [2.05, 4.69) is 5.32 Å². The highest BCUT2D eigenvalue weighted by molar-refractivity contribution is 7.89. The topological polar surface area (TPSA) is 69.7 Å². The van der Waals surface area contributed by atoms with Gasteiger partial charge >= 0.3 is 6.03 Å². The summed E-state index contributed by atoms with van der Waals surface area (Å²) in [6.45, 7) is 1.56. The normalized spacial score (nSPS) is 23.0. The van der Waals surface area contributed by atoms with Crippen molar-refractivity contribution < 1.29 is 13.2 Å². The number of piperazine rings is 1. The average molecular weight is 330 g/mol. The van der Waals surface area contributed by atoms with E-state index in [9.17, 15) is 13.2 Å². The third-order valence-corrected chi connectivity index (χ3v) is 6.06. The molecule has 1 unspecified atom stereocenters. The first-order valence-corrected chi connectivity index (χ1v) is 8.69. The van der Waals surface area contributed by atoms with Crippen molar-refractivity contribution in [3.8, 4) is 0 Å². The van der Waals surface area contributed by atoms with Crippen molar-refractivity contribution >= 4 is 27.7 Å². The lowest BCUT2D eigenvalue weighted by atomic mass is 10.2. The molecule has 0 aromatic heterocycles. The molecule has 0 bridgehead atoms. The van der Waals surface area contributed by atoms with E-state index in [1.165, 1.54) is 4.31 Å². The lowest BCUT2D eigenvalue weighted by molar-refractivity contribution is 0.164. The summed E-state index contributed by atoms with van der Waals surface area (Å²) >= 11 is 5.76. The molecule has 1 aromatic rings. The zero-order valence-corrected chi connectivity index (χ0v) is 12.9. The fourth-order valence-corrected chi connectivity index (χ4v) is 4.44. The number of hydrogen-bond donors (Lipinski definition) is 1. The van der Waals surface area contributed by atoms with Crippen LogP contribution in [0.2, 0.25) is 0 Å². The van der Waals surface area contributed by atoms with Crippen molar-refractivity contribution in [3.05, 3.63) is 29.8 Å². The molecule has 2 aliphatic rings. The molecule has 3 rings (SSSR count). The Balaban J connectivity index is 1.84. The second kappa shape index (κ2) is 5.47. The Hall–Kier alpha value is -1.31. The van der Waals surface area contributed by atoms with Gasteiger partial charge in [-0.2, -0.15) is 4.31 Å². The average Bonchev–Trinajstić information content (AvgIpc) is 2.88. The second-order valence-electron chi connectivity index (χ2n) is 5.18. The molecule has 0 spiro atoms. The summed E-state index contributed by atoms with van der Waals surface area (Å²) < 4.78 is 26.8. The fourth-order valence-electron chi connectivity index (χ4n) is 2.73. The number of nitrogens with zero attached hydrogens (tertiary/aromatic N) is 2. The molecular formula is C13H16ClN3O3S. The SMILES string of the molecule is O=C1NCC2CN(S(=O)(=O)c3cccc(CCl)c3)CCN12. The number of benzene rings is 1. The molecule has 2 saturated heterocycles. The Labute approximate surface area is 128 Å². The lowest BCUT2D eigenvalue weighted by Gasteiger charge is -2.35. The van der Waals surface area contributed by atoms with Crippen LogP contribution in [-0.4, -0.2) is 55.9 Å². The molecule has 0 radical (unpaired) electrons. The molecule has 1 atom stereocenters. The van der Waals surface area contributed by atoms with Crippen molar-refractivity contribution in [2.45, 2.75) is 16.8 Å².